The molecule has 7 heteroatoms. The monoisotopic (exact) mass is 342 g/mol. The number of likely N-dealkylation sites (tertiary alicyclic amines) is 1. The predicted molar refractivity (Wildman–Crippen MR) is 90.7 cm³/mol. The zero-order valence-electron chi connectivity index (χ0n) is 14.5. The van der Waals surface area contributed by atoms with E-state index in [0.717, 1.165) is 36.2 Å². The molecular weight excluding hydrogens is 320 g/mol. The maximum absolute atomic E-state index is 12.8. The van der Waals surface area contributed by atoms with E-state index in [1.807, 2.05) is 24.0 Å². The van der Waals surface area contributed by atoms with Gasteiger partial charge in [-0.1, -0.05) is 12.1 Å². The van der Waals surface area contributed by atoms with Crippen molar-refractivity contribution in [3.05, 3.63) is 47.1 Å². The summed E-state index contributed by atoms with van der Waals surface area (Å²) >= 11 is 0. The maximum Gasteiger partial charge on any atom is 0.292 e. The Bertz CT molecular complexity index is 771. The lowest BCUT2D eigenvalue weighted by atomic mass is 10.0. The van der Waals surface area contributed by atoms with Gasteiger partial charge in [-0.3, -0.25) is 14.6 Å². The van der Waals surface area contributed by atoms with Crippen molar-refractivity contribution in [3.8, 4) is 0 Å². The molecule has 0 saturated carbocycles. The predicted octanol–water partition coefficient (Wildman–Crippen LogP) is 2.25. The summed E-state index contributed by atoms with van der Waals surface area (Å²) in [6.45, 7) is 4.52. The second-order valence-electron chi connectivity index (χ2n) is 6.18. The summed E-state index contributed by atoms with van der Waals surface area (Å²) in [6.07, 6.45) is 4.28. The topological polar surface area (TPSA) is 88.3 Å². The summed E-state index contributed by atoms with van der Waals surface area (Å²) in [5.41, 5.74) is 2.58. The van der Waals surface area contributed by atoms with Crippen LogP contribution in [0.5, 0.6) is 0 Å². The highest BCUT2D eigenvalue weighted by molar-refractivity contribution is 5.92. The molecule has 132 valence electrons. The Hall–Kier alpha value is -2.70. The van der Waals surface area contributed by atoms with E-state index in [9.17, 15) is 9.59 Å². The van der Waals surface area contributed by atoms with Crippen LogP contribution >= 0.6 is 0 Å². The molecule has 0 aromatic carbocycles. The standard InChI is InChI=1S/C18H22N4O3/c1-3-14-10-17(25-21-14)18(24)22-8-4-5-16(22)13-6-7-19-15(9-13)11-20-12(2)23/h6-7,9-10,16H,3-5,8,11H2,1-2H3,(H,20,23)/t16-/m0/s1. The molecule has 0 spiro atoms. The summed E-state index contributed by atoms with van der Waals surface area (Å²) in [4.78, 5) is 30.0. The molecule has 2 aromatic heterocycles. The lowest BCUT2D eigenvalue weighted by molar-refractivity contribution is -0.119. The van der Waals surface area contributed by atoms with Gasteiger partial charge >= 0.3 is 0 Å². The molecule has 0 unspecified atom stereocenters. The third-order valence-electron chi connectivity index (χ3n) is 4.39. The Kier molecular flexibility index (Phi) is 5.11. The summed E-state index contributed by atoms with van der Waals surface area (Å²) in [5.74, 6) is 0.0631. The average molecular weight is 342 g/mol. The average Bonchev–Trinajstić information content (AvgIpc) is 3.28. The van der Waals surface area contributed by atoms with E-state index in [1.165, 1.54) is 6.92 Å². The van der Waals surface area contributed by atoms with E-state index in [2.05, 4.69) is 15.5 Å². The highest BCUT2D eigenvalue weighted by Crippen LogP contribution is 2.33. The van der Waals surface area contributed by atoms with E-state index >= 15 is 0 Å². The Balaban J connectivity index is 1.78. The molecule has 25 heavy (non-hydrogen) atoms. The van der Waals surface area contributed by atoms with Gasteiger partial charge in [-0.05, 0) is 37.0 Å². The highest BCUT2D eigenvalue weighted by Gasteiger charge is 2.32. The molecule has 0 aliphatic carbocycles. The van der Waals surface area contributed by atoms with Crippen LogP contribution in [-0.2, 0) is 17.8 Å². The molecular formula is C18H22N4O3. The molecule has 1 N–H and O–H groups in total. The van der Waals surface area contributed by atoms with Crippen LogP contribution in [-0.4, -0.2) is 33.4 Å². The van der Waals surface area contributed by atoms with Crippen LogP contribution in [0.15, 0.2) is 28.9 Å². The van der Waals surface area contributed by atoms with Crippen molar-refractivity contribution in [2.75, 3.05) is 6.54 Å². The van der Waals surface area contributed by atoms with Crippen LogP contribution in [0.25, 0.3) is 0 Å². The minimum Gasteiger partial charge on any atom is -0.351 e. The molecule has 2 amide bonds. The number of pyridine rings is 1. The molecule has 1 atom stereocenters. The largest absolute Gasteiger partial charge is 0.351 e. The van der Waals surface area contributed by atoms with Gasteiger partial charge < -0.3 is 14.7 Å². The normalized spacial score (nSPS) is 16.9. The van der Waals surface area contributed by atoms with Crippen LogP contribution in [0.1, 0.15) is 60.2 Å². The molecule has 1 aliphatic heterocycles. The van der Waals surface area contributed by atoms with E-state index in [-0.39, 0.29) is 23.6 Å². The van der Waals surface area contributed by atoms with E-state index < -0.39 is 0 Å². The first-order valence-corrected chi connectivity index (χ1v) is 8.54. The molecule has 2 aromatic rings. The number of amides is 2. The number of carbonyl (C=O) groups is 2. The number of hydrogen-bond acceptors (Lipinski definition) is 5. The molecule has 1 aliphatic rings. The zero-order chi connectivity index (χ0) is 17.8. The maximum atomic E-state index is 12.8. The molecule has 1 saturated heterocycles. The number of rotatable bonds is 5. The van der Waals surface area contributed by atoms with Crippen molar-refractivity contribution in [1.29, 1.82) is 0 Å². The Morgan fingerprint density at radius 1 is 1.36 bits per heavy atom. The molecule has 0 radical (unpaired) electrons. The Labute approximate surface area is 146 Å². The number of nitrogens with one attached hydrogen (secondary N) is 1. The van der Waals surface area contributed by atoms with Crippen molar-refractivity contribution in [3.63, 3.8) is 0 Å². The van der Waals surface area contributed by atoms with Gasteiger partial charge in [0, 0.05) is 25.7 Å². The summed E-state index contributed by atoms with van der Waals surface area (Å²) in [6, 6.07) is 5.57. The number of hydrogen-bond donors (Lipinski definition) is 1. The van der Waals surface area contributed by atoms with Crippen molar-refractivity contribution >= 4 is 11.8 Å². The quantitative estimate of drug-likeness (QED) is 0.900. The molecule has 3 rings (SSSR count). The van der Waals surface area contributed by atoms with Crippen LogP contribution < -0.4 is 5.32 Å². The number of carbonyl (C=O) groups excluding carboxylic acids is 2. The summed E-state index contributed by atoms with van der Waals surface area (Å²) < 4.78 is 5.20. The van der Waals surface area contributed by atoms with Crippen molar-refractivity contribution in [2.24, 2.45) is 0 Å². The van der Waals surface area contributed by atoms with Gasteiger partial charge in [0.05, 0.1) is 24.0 Å². The number of aromatic nitrogens is 2. The Morgan fingerprint density at radius 2 is 2.20 bits per heavy atom. The van der Waals surface area contributed by atoms with Gasteiger partial charge in [-0.15, -0.1) is 0 Å². The van der Waals surface area contributed by atoms with Gasteiger partial charge in [0.25, 0.3) is 5.91 Å². The van der Waals surface area contributed by atoms with Gasteiger partial charge in [-0.2, -0.15) is 0 Å². The summed E-state index contributed by atoms with van der Waals surface area (Å²) in [7, 11) is 0. The van der Waals surface area contributed by atoms with Crippen LogP contribution in [0.3, 0.4) is 0 Å². The first kappa shape index (κ1) is 17.1. The first-order chi connectivity index (χ1) is 12.1. The fraction of sp³-hybridized carbons (Fsp3) is 0.444. The van der Waals surface area contributed by atoms with Crippen LogP contribution in [0, 0.1) is 0 Å². The van der Waals surface area contributed by atoms with E-state index in [0.29, 0.717) is 13.1 Å². The van der Waals surface area contributed by atoms with Crippen molar-refractivity contribution < 1.29 is 14.1 Å². The Morgan fingerprint density at radius 3 is 2.92 bits per heavy atom. The van der Waals surface area contributed by atoms with Crippen LogP contribution in [0.2, 0.25) is 0 Å². The molecule has 7 nitrogen and oxygen atoms in total. The molecule has 0 bridgehead atoms. The van der Waals surface area contributed by atoms with E-state index in [4.69, 9.17) is 4.52 Å². The summed E-state index contributed by atoms with van der Waals surface area (Å²) in [5, 5.41) is 6.65. The van der Waals surface area contributed by atoms with Crippen molar-refractivity contribution in [2.45, 2.75) is 45.7 Å². The van der Waals surface area contributed by atoms with Crippen molar-refractivity contribution in [1.82, 2.24) is 20.4 Å². The van der Waals surface area contributed by atoms with Gasteiger partial charge in [0.1, 0.15) is 0 Å². The van der Waals surface area contributed by atoms with E-state index in [1.54, 1.807) is 12.3 Å². The van der Waals surface area contributed by atoms with Gasteiger partial charge in [0.15, 0.2) is 0 Å². The third-order valence-corrected chi connectivity index (χ3v) is 4.39. The second kappa shape index (κ2) is 7.46. The fourth-order valence-corrected chi connectivity index (χ4v) is 3.09. The third kappa shape index (κ3) is 3.87. The molecule has 3 heterocycles. The molecule has 1 fully saturated rings. The lowest BCUT2D eigenvalue weighted by Gasteiger charge is -2.24. The van der Waals surface area contributed by atoms with Crippen LogP contribution in [0.4, 0.5) is 0 Å². The zero-order valence-corrected chi connectivity index (χ0v) is 14.5. The number of nitrogens with zero attached hydrogens (tertiary/aromatic N) is 3. The first-order valence-electron chi connectivity index (χ1n) is 8.54. The lowest BCUT2D eigenvalue weighted by Crippen LogP contribution is -2.30. The minimum atomic E-state index is -0.130. The van der Waals surface area contributed by atoms with Gasteiger partial charge in [-0.25, -0.2) is 0 Å². The number of aryl methyl sites for hydroxylation is 1. The highest BCUT2D eigenvalue weighted by atomic mass is 16.5. The minimum absolute atomic E-state index is 0.0123. The fourth-order valence-electron chi connectivity index (χ4n) is 3.09. The smallest absolute Gasteiger partial charge is 0.292 e. The van der Waals surface area contributed by atoms with Gasteiger partial charge in [0.2, 0.25) is 11.7 Å². The second-order valence-corrected chi connectivity index (χ2v) is 6.18. The SMILES string of the molecule is CCc1cc(C(=O)N2CCC[C@H]2c2ccnc(CNC(C)=O)c2)on1.